The minimum absolute atomic E-state index is 0.0113. The molecule has 0 saturated carbocycles. The molecule has 0 radical (unpaired) electrons. The first-order valence-corrected chi connectivity index (χ1v) is 6.57. The highest BCUT2D eigenvalue weighted by atomic mass is 35.5. The highest BCUT2D eigenvalue weighted by molar-refractivity contribution is 6.36. The zero-order valence-electron chi connectivity index (χ0n) is 10.6. The van der Waals surface area contributed by atoms with Gasteiger partial charge in [0.25, 0.3) is 0 Å². The molecule has 3 nitrogen and oxygen atoms in total. The van der Waals surface area contributed by atoms with E-state index in [9.17, 15) is 9.18 Å². The lowest BCUT2D eigenvalue weighted by Gasteiger charge is -2.07. The largest absolute Gasteiger partial charge is 0.457 e. The zero-order valence-corrected chi connectivity index (χ0v) is 12.1. The van der Waals surface area contributed by atoms with Gasteiger partial charge in [0.1, 0.15) is 12.4 Å². The van der Waals surface area contributed by atoms with Gasteiger partial charge in [-0.3, -0.25) is 0 Å². The first kappa shape index (κ1) is 15.3. The summed E-state index contributed by atoms with van der Waals surface area (Å²) >= 11 is 11.4. The molecular formula is C15H8Cl2FNO2. The van der Waals surface area contributed by atoms with E-state index < -0.39 is 11.8 Å². The Morgan fingerprint density at radius 3 is 2.71 bits per heavy atom. The molecule has 2 rings (SSSR count). The Labute approximate surface area is 130 Å². The third-order valence-electron chi connectivity index (χ3n) is 2.66. The lowest BCUT2D eigenvalue weighted by Crippen LogP contribution is -2.06. The normalized spacial score (nSPS) is 10.0. The van der Waals surface area contributed by atoms with Gasteiger partial charge in [0.15, 0.2) is 0 Å². The van der Waals surface area contributed by atoms with Crippen molar-refractivity contribution < 1.29 is 13.9 Å². The van der Waals surface area contributed by atoms with Crippen molar-refractivity contribution >= 4 is 29.2 Å². The number of hydrogen-bond donors (Lipinski definition) is 0. The number of carbonyl (C=O) groups excluding carboxylic acids is 1. The molecule has 0 atom stereocenters. The van der Waals surface area contributed by atoms with E-state index in [0.717, 1.165) is 12.1 Å². The second kappa shape index (κ2) is 6.57. The van der Waals surface area contributed by atoms with Crippen molar-refractivity contribution in [1.82, 2.24) is 0 Å². The summed E-state index contributed by atoms with van der Waals surface area (Å²) in [5.74, 6) is -1.52. The number of esters is 1. The molecule has 0 amide bonds. The third kappa shape index (κ3) is 3.72. The van der Waals surface area contributed by atoms with E-state index >= 15 is 0 Å². The van der Waals surface area contributed by atoms with E-state index in [1.54, 1.807) is 24.3 Å². The number of hydrogen-bond acceptors (Lipinski definition) is 3. The van der Waals surface area contributed by atoms with E-state index in [0.29, 0.717) is 11.1 Å². The summed E-state index contributed by atoms with van der Waals surface area (Å²) in [5, 5.41) is 8.62. The minimum Gasteiger partial charge on any atom is -0.457 e. The van der Waals surface area contributed by atoms with Gasteiger partial charge in [-0.25, -0.2) is 9.18 Å². The van der Waals surface area contributed by atoms with Crippen LogP contribution >= 0.6 is 23.2 Å². The van der Waals surface area contributed by atoms with E-state index in [2.05, 4.69) is 0 Å². The van der Waals surface area contributed by atoms with Crippen LogP contribution in [0.2, 0.25) is 10.0 Å². The number of halogens is 3. The maximum absolute atomic E-state index is 13.3. The Hall–Kier alpha value is -2.09. The van der Waals surface area contributed by atoms with Gasteiger partial charge in [0.2, 0.25) is 0 Å². The molecule has 0 saturated heterocycles. The van der Waals surface area contributed by atoms with Gasteiger partial charge < -0.3 is 4.74 Å². The van der Waals surface area contributed by atoms with E-state index in [1.807, 2.05) is 6.07 Å². The van der Waals surface area contributed by atoms with Gasteiger partial charge in [0, 0.05) is 0 Å². The molecule has 0 unspecified atom stereocenters. The van der Waals surface area contributed by atoms with Crippen LogP contribution in [0.4, 0.5) is 4.39 Å². The summed E-state index contributed by atoms with van der Waals surface area (Å²) < 4.78 is 18.4. The van der Waals surface area contributed by atoms with Crippen LogP contribution in [-0.4, -0.2) is 5.97 Å². The predicted octanol–water partition coefficient (Wildman–Crippen LogP) is 4.36. The van der Waals surface area contributed by atoms with Crippen molar-refractivity contribution in [3.8, 4) is 6.07 Å². The number of rotatable bonds is 3. The third-order valence-corrected chi connectivity index (χ3v) is 3.26. The van der Waals surface area contributed by atoms with Crippen LogP contribution in [0.15, 0.2) is 36.4 Å². The van der Waals surface area contributed by atoms with Crippen LogP contribution in [0.25, 0.3) is 0 Å². The SMILES string of the molecule is N#Cc1cccc(COC(=O)c2cc(F)c(Cl)cc2Cl)c1. The summed E-state index contributed by atoms with van der Waals surface area (Å²) in [5.41, 5.74) is 1.00. The predicted molar refractivity (Wildman–Crippen MR) is 76.7 cm³/mol. The molecule has 0 heterocycles. The number of carbonyl (C=O) groups is 1. The average molecular weight is 324 g/mol. The number of nitriles is 1. The van der Waals surface area contributed by atoms with Crippen molar-refractivity contribution in [2.45, 2.75) is 6.61 Å². The second-order valence-electron chi connectivity index (χ2n) is 4.13. The van der Waals surface area contributed by atoms with Crippen molar-refractivity contribution in [2.24, 2.45) is 0 Å². The topological polar surface area (TPSA) is 50.1 Å². The summed E-state index contributed by atoms with van der Waals surface area (Å²) in [6.45, 7) is -0.0467. The molecule has 2 aromatic carbocycles. The van der Waals surface area contributed by atoms with Crippen LogP contribution in [0.3, 0.4) is 0 Å². The van der Waals surface area contributed by atoms with Crippen molar-refractivity contribution in [3.05, 3.63) is 69.0 Å². The van der Waals surface area contributed by atoms with Crippen LogP contribution < -0.4 is 0 Å². The van der Waals surface area contributed by atoms with E-state index in [1.165, 1.54) is 0 Å². The van der Waals surface area contributed by atoms with Crippen LogP contribution in [0.5, 0.6) is 0 Å². The molecule has 0 fully saturated rings. The van der Waals surface area contributed by atoms with Gasteiger partial charge in [-0.2, -0.15) is 5.26 Å². The fourth-order valence-electron chi connectivity index (χ4n) is 1.64. The maximum Gasteiger partial charge on any atom is 0.340 e. The maximum atomic E-state index is 13.3. The molecule has 106 valence electrons. The highest BCUT2D eigenvalue weighted by Crippen LogP contribution is 2.25. The quantitative estimate of drug-likeness (QED) is 0.622. The Morgan fingerprint density at radius 2 is 2.00 bits per heavy atom. The summed E-state index contributed by atoms with van der Waals surface area (Å²) in [4.78, 5) is 11.9. The van der Waals surface area contributed by atoms with Crippen molar-refractivity contribution in [1.29, 1.82) is 5.26 Å². The standard InChI is InChI=1S/C15H8Cl2FNO2/c16-12-6-13(17)14(18)5-11(12)15(20)21-8-10-3-1-2-9(4-10)7-19/h1-6H,8H2. The van der Waals surface area contributed by atoms with Gasteiger partial charge in [-0.1, -0.05) is 35.3 Å². The molecule has 6 heteroatoms. The molecule has 0 bridgehead atoms. The Kier molecular flexibility index (Phi) is 4.79. The first-order valence-electron chi connectivity index (χ1n) is 5.82. The molecule has 0 aliphatic rings. The average Bonchev–Trinajstić information content (AvgIpc) is 2.48. The number of ether oxygens (including phenoxy) is 1. The van der Waals surface area contributed by atoms with Crippen molar-refractivity contribution in [3.63, 3.8) is 0 Å². The minimum atomic E-state index is -0.766. The summed E-state index contributed by atoms with van der Waals surface area (Å²) in [6, 6.07) is 10.7. The lowest BCUT2D eigenvalue weighted by atomic mass is 10.1. The van der Waals surface area contributed by atoms with Crippen LogP contribution in [0, 0.1) is 17.1 Å². The Morgan fingerprint density at radius 1 is 1.24 bits per heavy atom. The van der Waals surface area contributed by atoms with Crippen molar-refractivity contribution in [2.75, 3.05) is 0 Å². The van der Waals surface area contributed by atoms with E-state index in [4.69, 9.17) is 33.2 Å². The molecule has 0 spiro atoms. The Bertz CT molecular complexity index is 741. The number of benzene rings is 2. The smallest absolute Gasteiger partial charge is 0.340 e. The van der Waals surface area contributed by atoms with Crippen LogP contribution in [0.1, 0.15) is 21.5 Å². The molecule has 0 N–H and O–H groups in total. The fourth-order valence-corrected chi connectivity index (χ4v) is 2.10. The summed E-state index contributed by atoms with van der Waals surface area (Å²) in [7, 11) is 0. The molecule has 0 aliphatic heterocycles. The monoisotopic (exact) mass is 323 g/mol. The zero-order chi connectivity index (χ0) is 15.4. The second-order valence-corrected chi connectivity index (χ2v) is 4.95. The molecule has 0 aromatic heterocycles. The molecule has 0 aliphatic carbocycles. The van der Waals surface area contributed by atoms with Gasteiger partial charge in [0.05, 0.1) is 27.2 Å². The highest BCUT2D eigenvalue weighted by Gasteiger charge is 2.15. The van der Waals surface area contributed by atoms with Gasteiger partial charge in [-0.05, 0) is 29.8 Å². The molecular weight excluding hydrogens is 316 g/mol. The molecule has 21 heavy (non-hydrogen) atoms. The molecule has 2 aromatic rings. The fraction of sp³-hybridized carbons (Fsp3) is 0.0667. The summed E-state index contributed by atoms with van der Waals surface area (Å²) in [6.07, 6.45) is 0. The lowest BCUT2D eigenvalue weighted by molar-refractivity contribution is 0.0472. The van der Waals surface area contributed by atoms with E-state index in [-0.39, 0.29) is 22.2 Å². The first-order chi connectivity index (χ1) is 10.0. The Balaban J connectivity index is 2.12. The number of nitrogens with zero attached hydrogens (tertiary/aromatic N) is 1. The van der Waals surface area contributed by atoms with Gasteiger partial charge in [-0.15, -0.1) is 0 Å². The van der Waals surface area contributed by atoms with Gasteiger partial charge >= 0.3 is 5.97 Å². The van der Waals surface area contributed by atoms with Crippen LogP contribution in [-0.2, 0) is 11.3 Å².